The molecule has 0 saturated carbocycles. The summed E-state index contributed by atoms with van der Waals surface area (Å²) in [6.45, 7) is 7.98. The number of cyclic esters (lactones) is 1. The van der Waals surface area contributed by atoms with Crippen molar-refractivity contribution in [1.82, 2.24) is 0 Å². The Kier molecular flexibility index (Phi) is 4.89. The smallest absolute Gasteiger partial charge is 0.329 e. The maximum atomic E-state index is 12.2. The van der Waals surface area contributed by atoms with Crippen LogP contribution < -0.4 is 10.1 Å². The lowest BCUT2D eigenvalue weighted by atomic mass is 9.84. The third kappa shape index (κ3) is 3.38. The van der Waals surface area contributed by atoms with E-state index in [1.807, 2.05) is 30.3 Å². The molecule has 4 nitrogen and oxygen atoms in total. The van der Waals surface area contributed by atoms with Crippen molar-refractivity contribution in [2.24, 2.45) is 11.8 Å². The van der Waals surface area contributed by atoms with E-state index in [1.165, 1.54) is 0 Å². The quantitative estimate of drug-likeness (QED) is 0.645. The van der Waals surface area contributed by atoms with E-state index < -0.39 is 0 Å². The molecule has 114 valence electrons. The van der Waals surface area contributed by atoms with Crippen LogP contribution in [0.1, 0.15) is 20.3 Å². The first-order valence-corrected chi connectivity index (χ1v) is 7.28. The van der Waals surface area contributed by atoms with Crippen molar-refractivity contribution in [3.8, 4) is 5.75 Å². The number of ether oxygens (including phenoxy) is 2. The monoisotopic (exact) mass is 289 g/mol. The van der Waals surface area contributed by atoms with Gasteiger partial charge in [-0.15, -0.1) is 6.58 Å². The minimum absolute atomic E-state index is 0.0919. The van der Waals surface area contributed by atoms with Gasteiger partial charge in [-0.25, -0.2) is 4.79 Å². The van der Waals surface area contributed by atoms with Crippen LogP contribution in [0.3, 0.4) is 0 Å². The van der Waals surface area contributed by atoms with Crippen LogP contribution in [0.2, 0.25) is 0 Å². The Morgan fingerprint density at radius 1 is 1.38 bits per heavy atom. The summed E-state index contributed by atoms with van der Waals surface area (Å²) in [4.78, 5) is 12.2. The summed E-state index contributed by atoms with van der Waals surface area (Å²) in [5, 5.41) is 3.30. The zero-order chi connectivity index (χ0) is 15.4. The summed E-state index contributed by atoms with van der Waals surface area (Å²) in [5.41, 5.74) is 0.891. The molecule has 0 bridgehead atoms. The van der Waals surface area contributed by atoms with Crippen molar-refractivity contribution in [3.63, 3.8) is 0 Å². The van der Waals surface area contributed by atoms with Crippen LogP contribution in [-0.2, 0) is 9.53 Å². The first kappa shape index (κ1) is 15.4. The highest BCUT2D eigenvalue weighted by atomic mass is 16.6. The van der Waals surface area contributed by atoms with Gasteiger partial charge in [0.25, 0.3) is 0 Å². The van der Waals surface area contributed by atoms with Gasteiger partial charge in [-0.3, -0.25) is 0 Å². The van der Waals surface area contributed by atoms with Gasteiger partial charge in [0.2, 0.25) is 0 Å². The second kappa shape index (κ2) is 6.66. The van der Waals surface area contributed by atoms with Crippen LogP contribution in [-0.4, -0.2) is 25.2 Å². The van der Waals surface area contributed by atoms with Gasteiger partial charge in [0.15, 0.2) is 0 Å². The van der Waals surface area contributed by atoms with E-state index in [0.717, 1.165) is 11.4 Å². The van der Waals surface area contributed by atoms with Crippen LogP contribution in [0.25, 0.3) is 0 Å². The lowest BCUT2D eigenvalue weighted by Gasteiger charge is -2.25. The summed E-state index contributed by atoms with van der Waals surface area (Å²) in [6, 6.07) is 7.24. The molecule has 1 fully saturated rings. The van der Waals surface area contributed by atoms with Gasteiger partial charge in [0.05, 0.1) is 7.11 Å². The molecule has 4 heteroatoms. The van der Waals surface area contributed by atoms with Crippen molar-refractivity contribution in [2.45, 2.75) is 32.4 Å². The minimum Gasteiger partial charge on any atom is -0.497 e. The van der Waals surface area contributed by atoms with E-state index in [-0.39, 0.29) is 24.0 Å². The molecular formula is C17H23NO3. The van der Waals surface area contributed by atoms with Crippen LogP contribution in [0, 0.1) is 11.8 Å². The molecule has 1 aliphatic rings. The topological polar surface area (TPSA) is 47.6 Å². The summed E-state index contributed by atoms with van der Waals surface area (Å²) < 4.78 is 10.6. The number of rotatable bonds is 6. The average molecular weight is 289 g/mol. The molecule has 0 spiro atoms. The summed E-state index contributed by atoms with van der Waals surface area (Å²) in [5.74, 6) is 1.09. The standard InChI is InChI=1S/C17H23NO3/c1-5-6-14-15(11(2)3)16(17(19)21-14)18-12-7-9-13(20-4)10-8-12/h5,7-11,14-16,18H,1,6H2,2-4H3/t14?,15-,16+/m1/s1. The van der Waals surface area contributed by atoms with Crippen LogP contribution in [0.15, 0.2) is 36.9 Å². The maximum Gasteiger partial charge on any atom is 0.329 e. The SMILES string of the molecule is C=CCC1OC(=O)[C@@H](Nc2ccc(OC)cc2)[C@@H]1C(C)C. The van der Waals surface area contributed by atoms with E-state index >= 15 is 0 Å². The highest BCUT2D eigenvalue weighted by Gasteiger charge is 2.45. The van der Waals surface area contributed by atoms with Gasteiger partial charge < -0.3 is 14.8 Å². The molecule has 1 unspecified atom stereocenters. The Hall–Kier alpha value is -1.97. The largest absolute Gasteiger partial charge is 0.497 e. The molecule has 21 heavy (non-hydrogen) atoms. The Bertz CT molecular complexity index is 495. The number of carbonyl (C=O) groups is 1. The molecular weight excluding hydrogens is 266 g/mol. The van der Waals surface area contributed by atoms with Gasteiger partial charge in [0.1, 0.15) is 17.9 Å². The van der Waals surface area contributed by atoms with Crippen LogP contribution in [0.4, 0.5) is 5.69 Å². The lowest BCUT2D eigenvalue weighted by molar-refractivity contribution is -0.141. The van der Waals surface area contributed by atoms with E-state index in [4.69, 9.17) is 9.47 Å². The second-order valence-electron chi connectivity index (χ2n) is 5.67. The van der Waals surface area contributed by atoms with Gasteiger partial charge in [-0.05, 0) is 30.2 Å². The predicted octanol–water partition coefficient (Wildman–Crippen LogP) is 3.25. The van der Waals surface area contributed by atoms with Gasteiger partial charge in [0, 0.05) is 18.0 Å². The van der Waals surface area contributed by atoms with E-state index in [1.54, 1.807) is 7.11 Å². The van der Waals surface area contributed by atoms with Crippen molar-refractivity contribution in [2.75, 3.05) is 12.4 Å². The zero-order valence-corrected chi connectivity index (χ0v) is 12.8. The summed E-state index contributed by atoms with van der Waals surface area (Å²) in [7, 11) is 1.63. The Morgan fingerprint density at radius 2 is 2.05 bits per heavy atom. The normalized spacial score (nSPS) is 24.8. The fourth-order valence-corrected chi connectivity index (χ4v) is 2.88. The molecule has 1 aromatic rings. The van der Waals surface area contributed by atoms with Gasteiger partial charge in [-0.2, -0.15) is 0 Å². The summed E-state index contributed by atoms with van der Waals surface area (Å²) >= 11 is 0. The molecule has 3 atom stereocenters. The molecule has 1 heterocycles. The van der Waals surface area contributed by atoms with Crippen LogP contribution in [0.5, 0.6) is 5.75 Å². The van der Waals surface area contributed by atoms with Crippen molar-refractivity contribution in [3.05, 3.63) is 36.9 Å². The number of benzene rings is 1. The zero-order valence-electron chi connectivity index (χ0n) is 12.8. The Morgan fingerprint density at radius 3 is 2.57 bits per heavy atom. The fourth-order valence-electron chi connectivity index (χ4n) is 2.88. The molecule has 1 N–H and O–H groups in total. The number of esters is 1. The highest BCUT2D eigenvalue weighted by Crippen LogP contribution is 2.33. The number of hydrogen-bond acceptors (Lipinski definition) is 4. The number of anilines is 1. The van der Waals surface area contributed by atoms with Crippen LogP contribution >= 0.6 is 0 Å². The van der Waals surface area contributed by atoms with Crippen molar-refractivity contribution < 1.29 is 14.3 Å². The fraction of sp³-hybridized carbons (Fsp3) is 0.471. The molecule has 0 aromatic heterocycles. The number of nitrogens with one attached hydrogen (secondary N) is 1. The first-order valence-electron chi connectivity index (χ1n) is 7.28. The number of carbonyl (C=O) groups excluding carboxylic acids is 1. The third-order valence-corrected chi connectivity index (χ3v) is 3.92. The number of hydrogen-bond donors (Lipinski definition) is 1. The Labute approximate surface area is 126 Å². The molecule has 0 radical (unpaired) electrons. The maximum absolute atomic E-state index is 12.2. The first-order chi connectivity index (χ1) is 10.1. The van der Waals surface area contributed by atoms with E-state index in [9.17, 15) is 4.79 Å². The van der Waals surface area contributed by atoms with E-state index in [0.29, 0.717) is 12.3 Å². The number of methoxy groups -OCH3 is 1. The van der Waals surface area contributed by atoms with Gasteiger partial charge in [-0.1, -0.05) is 19.9 Å². The van der Waals surface area contributed by atoms with Crippen molar-refractivity contribution in [1.29, 1.82) is 0 Å². The lowest BCUT2D eigenvalue weighted by Crippen LogP contribution is -2.36. The van der Waals surface area contributed by atoms with Gasteiger partial charge >= 0.3 is 5.97 Å². The third-order valence-electron chi connectivity index (χ3n) is 3.92. The Balaban J connectivity index is 2.15. The second-order valence-corrected chi connectivity index (χ2v) is 5.67. The van der Waals surface area contributed by atoms with Crippen molar-refractivity contribution >= 4 is 11.7 Å². The molecule has 0 aliphatic carbocycles. The molecule has 2 rings (SSSR count). The predicted molar refractivity (Wildman–Crippen MR) is 83.4 cm³/mol. The minimum atomic E-state index is -0.316. The molecule has 1 aromatic carbocycles. The molecule has 0 amide bonds. The molecule has 1 aliphatic heterocycles. The summed E-state index contributed by atoms with van der Waals surface area (Å²) in [6.07, 6.45) is 2.41. The molecule has 1 saturated heterocycles. The van der Waals surface area contributed by atoms with E-state index in [2.05, 4.69) is 25.7 Å². The average Bonchev–Trinajstić information content (AvgIpc) is 2.76. The highest BCUT2D eigenvalue weighted by molar-refractivity contribution is 5.82.